The Morgan fingerprint density at radius 1 is 1.44 bits per heavy atom. The average Bonchev–Trinajstić information content (AvgIpc) is 2.19. The number of hydrogen-bond acceptors (Lipinski definition) is 2. The molecule has 0 aliphatic rings. The van der Waals surface area contributed by atoms with Gasteiger partial charge in [-0.25, -0.2) is 4.39 Å². The van der Waals surface area contributed by atoms with Crippen molar-refractivity contribution >= 4 is 5.91 Å². The fourth-order valence-corrected chi connectivity index (χ4v) is 1.23. The first kappa shape index (κ1) is 12.6. The molecular formula is C12H16FNO2. The van der Waals surface area contributed by atoms with E-state index in [1.165, 1.54) is 19.9 Å². The second-order valence-corrected chi connectivity index (χ2v) is 4.16. The highest BCUT2D eigenvalue weighted by Gasteiger charge is 2.22. The maximum absolute atomic E-state index is 13.2. The highest BCUT2D eigenvalue weighted by atomic mass is 19.1. The fourth-order valence-electron chi connectivity index (χ4n) is 1.23. The van der Waals surface area contributed by atoms with Crippen molar-refractivity contribution in [2.45, 2.75) is 25.9 Å². The molecule has 0 heterocycles. The van der Waals surface area contributed by atoms with Gasteiger partial charge in [0, 0.05) is 6.54 Å². The molecule has 0 aliphatic heterocycles. The summed E-state index contributed by atoms with van der Waals surface area (Å²) in [6.07, 6.45) is 0.411. The second kappa shape index (κ2) is 5.07. The maximum Gasteiger partial charge on any atom is 0.251 e. The van der Waals surface area contributed by atoms with Crippen LogP contribution in [0.2, 0.25) is 0 Å². The molecule has 3 nitrogen and oxygen atoms in total. The molecule has 0 saturated heterocycles. The number of halogens is 1. The van der Waals surface area contributed by atoms with Gasteiger partial charge in [0.1, 0.15) is 11.4 Å². The average molecular weight is 225 g/mol. The summed E-state index contributed by atoms with van der Waals surface area (Å²) in [7, 11) is 0. The Morgan fingerprint density at radius 2 is 2.06 bits per heavy atom. The maximum atomic E-state index is 13.2. The molecule has 0 fully saturated rings. The summed E-state index contributed by atoms with van der Waals surface area (Å²) in [6, 6.07) is 6.42. The third-order valence-corrected chi connectivity index (χ3v) is 2.19. The lowest BCUT2D eigenvalue weighted by atomic mass is 10.1. The molecule has 0 unspecified atom stereocenters. The highest BCUT2D eigenvalue weighted by molar-refractivity contribution is 5.83. The SMILES string of the molecule is CC(C)(O)C(=O)NCCc1ccccc1F. The summed E-state index contributed by atoms with van der Waals surface area (Å²) >= 11 is 0. The Labute approximate surface area is 94.3 Å². The van der Waals surface area contributed by atoms with Crippen LogP contribution in [0.1, 0.15) is 19.4 Å². The highest BCUT2D eigenvalue weighted by Crippen LogP contribution is 2.06. The Bertz CT molecular complexity index is 372. The van der Waals surface area contributed by atoms with E-state index in [1.54, 1.807) is 18.2 Å². The van der Waals surface area contributed by atoms with Crippen LogP contribution in [-0.4, -0.2) is 23.2 Å². The van der Waals surface area contributed by atoms with Crippen LogP contribution in [0.25, 0.3) is 0 Å². The predicted molar refractivity (Wildman–Crippen MR) is 59.4 cm³/mol. The van der Waals surface area contributed by atoms with E-state index >= 15 is 0 Å². The van der Waals surface area contributed by atoms with Gasteiger partial charge < -0.3 is 10.4 Å². The molecule has 0 bridgehead atoms. The Balaban J connectivity index is 2.43. The normalized spacial score (nSPS) is 11.2. The Hall–Kier alpha value is -1.42. The molecule has 0 spiro atoms. The number of nitrogens with one attached hydrogen (secondary N) is 1. The molecule has 4 heteroatoms. The van der Waals surface area contributed by atoms with E-state index in [-0.39, 0.29) is 5.82 Å². The molecule has 0 aliphatic carbocycles. The quantitative estimate of drug-likeness (QED) is 0.810. The van der Waals surface area contributed by atoms with Crippen molar-refractivity contribution < 1.29 is 14.3 Å². The van der Waals surface area contributed by atoms with E-state index in [2.05, 4.69) is 5.32 Å². The Kier molecular flexibility index (Phi) is 4.01. The van der Waals surface area contributed by atoms with Crippen LogP contribution < -0.4 is 5.32 Å². The van der Waals surface area contributed by atoms with Crippen molar-refractivity contribution in [3.63, 3.8) is 0 Å². The second-order valence-electron chi connectivity index (χ2n) is 4.16. The van der Waals surface area contributed by atoms with Gasteiger partial charge in [-0.3, -0.25) is 4.79 Å². The third kappa shape index (κ3) is 3.62. The van der Waals surface area contributed by atoms with E-state index in [1.807, 2.05) is 0 Å². The zero-order valence-electron chi connectivity index (χ0n) is 9.46. The van der Waals surface area contributed by atoms with E-state index in [0.29, 0.717) is 18.5 Å². The van der Waals surface area contributed by atoms with Crippen molar-refractivity contribution in [1.29, 1.82) is 0 Å². The summed E-state index contributed by atoms with van der Waals surface area (Å²) < 4.78 is 13.2. The van der Waals surface area contributed by atoms with E-state index in [0.717, 1.165) is 0 Å². The Morgan fingerprint density at radius 3 is 2.62 bits per heavy atom. The molecule has 0 saturated carbocycles. The number of aliphatic hydroxyl groups is 1. The van der Waals surface area contributed by atoms with Crippen molar-refractivity contribution in [2.24, 2.45) is 0 Å². The van der Waals surface area contributed by atoms with Gasteiger partial charge in [0.2, 0.25) is 0 Å². The standard InChI is InChI=1S/C12H16FNO2/c1-12(2,16)11(15)14-8-7-9-5-3-4-6-10(9)13/h3-6,16H,7-8H2,1-2H3,(H,14,15). The number of carbonyl (C=O) groups excluding carboxylic acids is 1. The molecule has 0 atom stereocenters. The molecule has 88 valence electrons. The number of rotatable bonds is 4. The van der Waals surface area contributed by atoms with Crippen LogP contribution >= 0.6 is 0 Å². The van der Waals surface area contributed by atoms with E-state index < -0.39 is 11.5 Å². The molecule has 1 rings (SSSR count). The summed E-state index contributed by atoms with van der Waals surface area (Å²) in [6.45, 7) is 3.13. The van der Waals surface area contributed by atoms with Crippen molar-refractivity contribution in [3.05, 3.63) is 35.6 Å². The molecule has 0 aromatic heterocycles. The van der Waals surface area contributed by atoms with E-state index in [4.69, 9.17) is 0 Å². The largest absolute Gasteiger partial charge is 0.381 e. The summed E-state index contributed by atoms with van der Waals surface area (Å²) in [5.74, 6) is -0.733. The van der Waals surface area contributed by atoms with Crippen molar-refractivity contribution in [3.8, 4) is 0 Å². The minimum absolute atomic E-state index is 0.278. The van der Waals surface area contributed by atoms with Crippen molar-refractivity contribution in [1.82, 2.24) is 5.32 Å². The lowest BCUT2D eigenvalue weighted by molar-refractivity contribution is -0.136. The molecule has 16 heavy (non-hydrogen) atoms. The van der Waals surface area contributed by atoms with Crippen molar-refractivity contribution in [2.75, 3.05) is 6.54 Å². The lowest BCUT2D eigenvalue weighted by Gasteiger charge is -2.16. The van der Waals surface area contributed by atoms with Crippen LogP contribution in [0.15, 0.2) is 24.3 Å². The molecule has 0 radical (unpaired) electrons. The van der Waals surface area contributed by atoms with Crippen LogP contribution in [0.5, 0.6) is 0 Å². The van der Waals surface area contributed by atoms with Gasteiger partial charge in [-0.05, 0) is 31.9 Å². The molecular weight excluding hydrogens is 209 g/mol. The van der Waals surface area contributed by atoms with Gasteiger partial charge in [-0.2, -0.15) is 0 Å². The van der Waals surface area contributed by atoms with Crippen LogP contribution in [0.3, 0.4) is 0 Å². The number of carbonyl (C=O) groups is 1. The topological polar surface area (TPSA) is 49.3 Å². The molecule has 2 N–H and O–H groups in total. The van der Waals surface area contributed by atoms with Gasteiger partial charge in [0.05, 0.1) is 0 Å². The summed E-state index contributed by atoms with van der Waals surface area (Å²) in [5, 5.41) is 11.9. The number of amides is 1. The zero-order chi connectivity index (χ0) is 12.2. The third-order valence-electron chi connectivity index (χ3n) is 2.19. The first-order chi connectivity index (χ1) is 7.41. The minimum Gasteiger partial charge on any atom is -0.381 e. The summed E-state index contributed by atoms with van der Waals surface area (Å²) in [4.78, 5) is 11.3. The number of benzene rings is 1. The zero-order valence-corrected chi connectivity index (χ0v) is 9.46. The first-order valence-electron chi connectivity index (χ1n) is 5.15. The van der Waals surface area contributed by atoms with Gasteiger partial charge >= 0.3 is 0 Å². The smallest absolute Gasteiger partial charge is 0.251 e. The van der Waals surface area contributed by atoms with Gasteiger partial charge in [-0.1, -0.05) is 18.2 Å². The first-order valence-corrected chi connectivity index (χ1v) is 5.15. The fraction of sp³-hybridized carbons (Fsp3) is 0.417. The van der Waals surface area contributed by atoms with Gasteiger partial charge in [0.15, 0.2) is 0 Å². The molecule has 1 aromatic carbocycles. The predicted octanol–water partition coefficient (Wildman–Crippen LogP) is 1.26. The minimum atomic E-state index is -1.39. The lowest BCUT2D eigenvalue weighted by Crippen LogP contribution is -2.42. The van der Waals surface area contributed by atoms with Crippen LogP contribution in [0, 0.1) is 5.82 Å². The molecule has 1 amide bonds. The van der Waals surface area contributed by atoms with E-state index in [9.17, 15) is 14.3 Å². The monoisotopic (exact) mass is 225 g/mol. The molecule has 1 aromatic rings. The summed E-state index contributed by atoms with van der Waals surface area (Å²) in [5.41, 5.74) is -0.839. The van der Waals surface area contributed by atoms with Gasteiger partial charge in [0.25, 0.3) is 5.91 Å². The van der Waals surface area contributed by atoms with Gasteiger partial charge in [-0.15, -0.1) is 0 Å². The van der Waals surface area contributed by atoms with Crippen LogP contribution in [0.4, 0.5) is 4.39 Å². The number of hydrogen-bond donors (Lipinski definition) is 2. The van der Waals surface area contributed by atoms with Crippen LogP contribution in [-0.2, 0) is 11.2 Å².